The summed E-state index contributed by atoms with van der Waals surface area (Å²) in [4.78, 5) is 12.7. The summed E-state index contributed by atoms with van der Waals surface area (Å²) in [6, 6.07) is 5.32. The van der Waals surface area contributed by atoms with Crippen molar-refractivity contribution in [3.8, 4) is 11.5 Å². The summed E-state index contributed by atoms with van der Waals surface area (Å²) in [6.07, 6.45) is 0. The first-order valence-corrected chi connectivity index (χ1v) is 6.78. The molecule has 5 heteroatoms. The molecule has 1 saturated heterocycles. The first-order valence-electron chi connectivity index (χ1n) is 6.78. The van der Waals surface area contributed by atoms with Crippen LogP contribution in [0.15, 0.2) is 18.2 Å². The summed E-state index contributed by atoms with van der Waals surface area (Å²) in [5.41, 5.74) is 0.576. The van der Waals surface area contributed by atoms with E-state index in [-0.39, 0.29) is 17.7 Å². The molecule has 0 bridgehead atoms. The lowest BCUT2D eigenvalue weighted by atomic mass is 9.92. The molecular weight excluding hydrogens is 258 g/mol. The van der Waals surface area contributed by atoms with Crippen LogP contribution < -0.4 is 14.8 Å². The molecule has 1 aromatic rings. The van der Waals surface area contributed by atoms with Crippen molar-refractivity contribution < 1.29 is 19.0 Å². The normalized spacial score (nSPS) is 21.8. The monoisotopic (exact) mass is 279 g/mol. The smallest absolute Gasteiger partial charge is 0.173 e. The van der Waals surface area contributed by atoms with E-state index in [1.807, 2.05) is 6.92 Å². The van der Waals surface area contributed by atoms with E-state index < -0.39 is 0 Å². The summed E-state index contributed by atoms with van der Waals surface area (Å²) >= 11 is 0. The van der Waals surface area contributed by atoms with Crippen molar-refractivity contribution in [3.05, 3.63) is 23.8 Å². The zero-order valence-electron chi connectivity index (χ0n) is 12.1. The number of ether oxygens (including phenoxy) is 3. The van der Waals surface area contributed by atoms with E-state index in [1.54, 1.807) is 32.4 Å². The van der Waals surface area contributed by atoms with Crippen LogP contribution in [0, 0.1) is 5.92 Å². The molecule has 0 amide bonds. The van der Waals surface area contributed by atoms with E-state index in [1.165, 1.54) is 0 Å². The van der Waals surface area contributed by atoms with E-state index >= 15 is 0 Å². The highest BCUT2D eigenvalue weighted by Gasteiger charge is 2.35. The Bertz CT molecular complexity index is 475. The van der Waals surface area contributed by atoms with Crippen LogP contribution in [0.5, 0.6) is 11.5 Å². The number of nitrogens with one attached hydrogen (secondary N) is 1. The predicted molar refractivity (Wildman–Crippen MR) is 75.7 cm³/mol. The zero-order chi connectivity index (χ0) is 14.5. The van der Waals surface area contributed by atoms with Crippen LogP contribution in [-0.2, 0) is 4.74 Å². The van der Waals surface area contributed by atoms with Gasteiger partial charge in [-0.15, -0.1) is 0 Å². The number of rotatable bonds is 6. The molecule has 1 fully saturated rings. The van der Waals surface area contributed by atoms with Gasteiger partial charge in [-0.3, -0.25) is 4.79 Å². The fraction of sp³-hybridized carbons (Fsp3) is 0.533. The van der Waals surface area contributed by atoms with Crippen molar-refractivity contribution in [2.45, 2.75) is 13.0 Å². The van der Waals surface area contributed by atoms with E-state index in [4.69, 9.17) is 14.2 Å². The number of hydrogen-bond acceptors (Lipinski definition) is 5. The number of carbonyl (C=O) groups is 1. The van der Waals surface area contributed by atoms with Gasteiger partial charge in [-0.1, -0.05) is 6.92 Å². The van der Waals surface area contributed by atoms with Crippen LogP contribution >= 0.6 is 0 Å². The topological polar surface area (TPSA) is 56.8 Å². The lowest BCUT2D eigenvalue weighted by molar-refractivity contribution is 0.0888. The molecule has 1 aromatic carbocycles. The minimum absolute atomic E-state index is 0.0490. The molecule has 2 atom stereocenters. The SMILES string of the molecule is CCNC1COCC1C(=O)c1ccc(OC)cc1OC. The number of methoxy groups -OCH3 is 2. The lowest BCUT2D eigenvalue weighted by Crippen LogP contribution is -2.39. The average molecular weight is 279 g/mol. The molecular formula is C15H21NO4. The Labute approximate surface area is 119 Å². The molecule has 1 N–H and O–H groups in total. The maximum Gasteiger partial charge on any atom is 0.173 e. The van der Waals surface area contributed by atoms with Crippen molar-refractivity contribution in [1.82, 2.24) is 5.32 Å². The molecule has 0 aromatic heterocycles. The van der Waals surface area contributed by atoms with E-state index in [9.17, 15) is 4.79 Å². The van der Waals surface area contributed by atoms with Crippen LogP contribution in [0.25, 0.3) is 0 Å². The largest absolute Gasteiger partial charge is 0.497 e. The van der Waals surface area contributed by atoms with Crippen LogP contribution in [0.4, 0.5) is 0 Å². The van der Waals surface area contributed by atoms with Gasteiger partial charge in [-0.05, 0) is 18.7 Å². The standard InChI is InChI=1S/C15H21NO4/c1-4-16-13-9-20-8-12(13)15(17)11-6-5-10(18-2)7-14(11)19-3/h5-7,12-13,16H,4,8-9H2,1-3H3. The Kier molecular flexibility index (Phi) is 4.98. The third-order valence-corrected chi connectivity index (χ3v) is 3.56. The molecule has 2 rings (SSSR count). The number of ketones is 1. The van der Waals surface area contributed by atoms with Crippen LogP contribution in [0.3, 0.4) is 0 Å². The minimum Gasteiger partial charge on any atom is -0.497 e. The van der Waals surface area contributed by atoms with Gasteiger partial charge in [-0.2, -0.15) is 0 Å². The van der Waals surface area contributed by atoms with Gasteiger partial charge >= 0.3 is 0 Å². The van der Waals surface area contributed by atoms with E-state index in [0.717, 1.165) is 6.54 Å². The molecule has 1 aliphatic heterocycles. The first-order chi connectivity index (χ1) is 9.71. The van der Waals surface area contributed by atoms with Gasteiger partial charge in [-0.25, -0.2) is 0 Å². The summed E-state index contributed by atoms with van der Waals surface area (Å²) in [7, 11) is 3.14. The Morgan fingerprint density at radius 3 is 2.80 bits per heavy atom. The molecule has 0 aliphatic carbocycles. The Hall–Kier alpha value is -1.59. The van der Waals surface area contributed by atoms with Gasteiger partial charge < -0.3 is 19.5 Å². The molecule has 0 saturated carbocycles. The Morgan fingerprint density at radius 2 is 2.15 bits per heavy atom. The quantitative estimate of drug-likeness (QED) is 0.800. The number of carbonyl (C=O) groups excluding carboxylic acids is 1. The van der Waals surface area contributed by atoms with Crippen molar-refractivity contribution in [2.75, 3.05) is 34.0 Å². The number of Topliss-reactive ketones (excluding diaryl/α,β-unsaturated/α-hetero) is 1. The van der Waals surface area contributed by atoms with Crippen molar-refractivity contribution in [1.29, 1.82) is 0 Å². The van der Waals surface area contributed by atoms with Gasteiger partial charge in [0.25, 0.3) is 0 Å². The van der Waals surface area contributed by atoms with Crippen LogP contribution in [0.2, 0.25) is 0 Å². The van der Waals surface area contributed by atoms with Gasteiger partial charge in [0, 0.05) is 12.1 Å². The number of hydrogen-bond donors (Lipinski definition) is 1. The zero-order valence-corrected chi connectivity index (χ0v) is 12.1. The van der Waals surface area contributed by atoms with Crippen molar-refractivity contribution in [3.63, 3.8) is 0 Å². The number of likely N-dealkylation sites (N-methyl/N-ethyl adjacent to an activating group) is 1. The predicted octanol–water partition coefficient (Wildman–Crippen LogP) is 1.51. The molecule has 110 valence electrons. The van der Waals surface area contributed by atoms with Gasteiger partial charge in [0.15, 0.2) is 5.78 Å². The molecule has 0 spiro atoms. The first kappa shape index (κ1) is 14.8. The van der Waals surface area contributed by atoms with E-state index in [0.29, 0.717) is 30.3 Å². The summed E-state index contributed by atoms with van der Waals surface area (Å²) in [5, 5.41) is 3.29. The highest BCUT2D eigenvalue weighted by atomic mass is 16.5. The van der Waals surface area contributed by atoms with E-state index in [2.05, 4.69) is 5.32 Å². The third-order valence-electron chi connectivity index (χ3n) is 3.56. The van der Waals surface area contributed by atoms with Crippen LogP contribution in [-0.4, -0.2) is 45.8 Å². The maximum atomic E-state index is 12.7. The van der Waals surface area contributed by atoms with Crippen molar-refractivity contribution >= 4 is 5.78 Å². The maximum absolute atomic E-state index is 12.7. The highest BCUT2D eigenvalue weighted by molar-refractivity contribution is 6.01. The average Bonchev–Trinajstić information content (AvgIpc) is 2.94. The second-order valence-electron chi connectivity index (χ2n) is 4.74. The second kappa shape index (κ2) is 6.72. The lowest BCUT2D eigenvalue weighted by Gasteiger charge is -2.18. The van der Waals surface area contributed by atoms with Crippen LogP contribution in [0.1, 0.15) is 17.3 Å². The molecule has 1 aliphatic rings. The molecule has 1 heterocycles. The third kappa shape index (κ3) is 2.94. The Morgan fingerprint density at radius 1 is 1.35 bits per heavy atom. The summed E-state index contributed by atoms with van der Waals surface area (Å²) in [6.45, 7) is 3.86. The fourth-order valence-corrected chi connectivity index (χ4v) is 2.48. The van der Waals surface area contributed by atoms with Gasteiger partial charge in [0.1, 0.15) is 11.5 Å². The second-order valence-corrected chi connectivity index (χ2v) is 4.74. The van der Waals surface area contributed by atoms with Crippen molar-refractivity contribution in [2.24, 2.45) is 5.92 Å². The molecule has 5 nitrogen and oxygen atoms in total. The summed E-state index contributed by atoms with van der Waals surface area (Å²) in [5.74, 6) is 1.09. The molecule has 20 heavy (non-hydrogen) atoms. The van der Waals surface area contributed by atoms with Gasteiger partial charge in [0.05, 0.1) is 38.9 Å². The fourth-order valence-electron chi connectivity index (χ4n) is 2.48. The summed E-state index contributed by atoms with van der Waals surface area (Å²) < 4.78 is 15.9. The molecule has 0 radical (unpaired) electrons. The highest BCUT2D eigenvalue weighted by Crippen LogP contribution is 2.29. The number of benzene rings is 1. The van der Waals surface area contributed by atoms with Gasteiger partial charge in [0.2, 0.25) is 0 Å². The molecule has 2 unspecified atom stereocenters. The Balaban J connectivity index is 2.24. The minimum atomic E-state index is -0.169.